The van der Waals surface area contributed by atoms with E-state index in [1.165, 1.54) is 12.3 Å². The summed E-state index contributed by atoms with van der Waals surface area (Å²) in [5.74, 6) is -0.845. The summed E-state index contributed by atoms with van der Waals surface area (Å²) in [5.41, 5.74) is 7.49. The first-order valence-electron chi connectivity index (χ1n) is 5.24. The highest BCUT2D eigenvalue weighted by atomic mass is 16.4. The van der Waals surface area contributed by atoms with Gasteiger partial charge in [-0.1, -0.05) is 0 Å². The van der Waals surface area contributed by atoms with Crippen molar-refractivity contribution in [1.82, 2.24) is 9.97 Å². The summed E-state index contributed by atoms with van der Waals surface area (Å²) in [5, 5.41) is 12.0. The van der Waals surface area contributed by atoms with E-state index < -0.39 is 5.97 Å². The normalized spacial score (nSPS) is 10.1. The smallest absolute Gasteiger partial charge is 0.339 e. The molecule has 18 heavy (non-hydrogen) atoms. The van der Waals surface area contributed by atoms with Crippen molar-refractivity contribution in [2.45, 2.75) is 6.92 Å². The monoisotopic (exact) mass is 244 g/mol. The van der Waals surface area contributed by atoms with Gasteiger partial charge in [0.1, 0.15) is 11.4 Å². The zero-order chi connectivity index (χ0) is 13.1. The number of nitrogens with zero attached hydrogens (tertiary/aromatic N) is 2. The molecule has 92 valence electrons. The number of aromatic nitrogens is 2. The van der Waals surface area contributed by atoms with Crippen LogP contribution in [-0.4, -0.2) is 21.0 Å². The molecular weight excluding hydrogens is 232 g/mol. The van der Waals surface area contributed by atoms with E-state index in [2.05, 4.69) is 15.3 Å². The highest BCUT2D eigenvalue weighted by Gasteiger charge is 2.12. The first-order valence-corrected chi connectivity index (χ1v) is 5.24. The van der Waals surface area contributed by atoms with Gasteiger partial charge in [-0.15, -0.1) is 0 Å². The Morgan fingerprint density at radius 1 is 1.33 bits per heavy atom. The average molecular weight is 244 g/mol. The van der Waals surface area contributed by atoms with Gasteiger partial charge < -0.3 is 16.2 Å². The van der Waals surface area contributed by atoms with Crippen LogP contribution in [0.25, 0.3) is 0 Å². The third kappa shape index (κ3) is 2.54. The molecule has 0 atom stereocenters. The summed E-state index contributed by atoms with van der Waals surface area (Å²) in [6.07, 6.45) is 4.70. The quantitative estimate of drug-likeness (QED) is 0.761. The number of aryl methyl sites for hydroxylation is 1. The first kappa shape index (κ1) is 11.8. The molecule has 0 saturated carbocycles. The van der Waals surface area contributed by atoms with Crippen LogP contribution in [0.1, 0.15) is 15.9 Å². The van der Waals surface area contributed by atoms with Gasteiger partial charge in [0, 0.05) is 6.20 Å². The van der Waals surface area contributed by atoms with E-state index in [0.29, 0.717) is 11.4 Å². The molecule has 2 rings (SSSR count). The van der Waals surface area contributed by atoms with Crippen molar-refractivity contribution in [2.75, 3.05) is 11.1 Å². The van der Waals surface area contributed by atoms with E-state index in [9.17, 15) is 4.79 Å². The molecule has 2 aromatic rings. The maximum atomic E-state index is 11.1. The molecule has 6 nitrogen and oxygen atoms in total. The van der Waals surface area contributed by atoms with Crippen LogP contribution in [0.15, 0.2) is 30.7 Å². The Bertz CT molecular complexity index is 598. The molecule has 0 bridgehead atoms. The Hall–Kier alpha value is -2.63. The summed E-state index contributed by atoms with van der Waals surface area (Å²) in [6.45, 7) is 1.90. The zero-order valence-electron chi connectivity index (χ0n) is 9.71. The molecule has 0 aliphatic rings. The molecular formula is C12H12N4O2. The fraction of sp³-hybridized carbons (Fsp3) is 0.0833. The minimum Gasteiger partial charge on any atom is -0.478 e. The number of nitrogens with one attached hydrogen (secondary N) is 1. The van der Waals surface area contributed by atoms with Crippen molar-refractivity contribution >= 4 is 23.2 Å². The van der Waals surface area contributed by atoms with Gasteiger partial charge in [0.25, 0.3) is 0 Å². The van der Waals surface area contributed by atoms with Crippen LogP contribution in [0, 0.1) is 6.92 Å². The van der Waals surface area contributed by atoms with Crippen molar-refractivity contribution in [2.24, 2.45) is 0 Å². The Morgan fingerprint density at radius 2 is 2.11 bits per heavy atom. The summed E-state index contributed by atoms with van der Waals surface area (Å²) in [4.78, 5) is 19.1. The van der Waals surface area contributed by atoms with Crippen molar-refractivity contribution in [3.8, 4) is 0 Å². The first-order chi connectivity index (χ1) is 8.56. The molecule has 0 radical (unpaired) electrons. The molecule has 4 N–H and O–H groups in total. The van der Waals surface area contributed by atoms with Gasteiger partial charge in [0.2, 0.25) is 0 Å². The van der Waals surface area contributed by atoms with Crippen LogP contribution in [0.3, 0.4) is 0 Å². The van der Waals surface area contributed by atoms with Gasteiger partial charge in [0.05, 0.1) is 23.8 Å². The maximum absolute atomic E-state index is 11.1. The van der Waals surface area contributed by atoms with Gasteiger partial charge in [-0.05, 0) is 24.6 Å². The fourth-order valence-electron chi connectivity index (χ4n) is 1.50. The van der Waals surface area contributed by atoms with Gasteiger partial charge in [0.15, 0.2) is 0 Å². The largest absolute Gasteiger partial charge is 0.478 e. The number of carbonyl (C=O) groups is 1. The van der Waals surface area contributed by atoms with Gasteiger partial charge in [-0.3, -0.25) is 4.98 Å². The summed E-state index contributed by atoms with van der Waals surface area (Å²) in [6, 6.07) is 3.21. The van der Waals surface area contributed by atoms with E-state index >= 15 is 0 Å². The van der Waals surface area contributed by atoms with Crippen molar-refractivity contribution in [3.05, 3.63) is 41.9 Å². The van der Waals surface area contributed by atoms with Crippen LogP contribution >= 0.6 is 0 Å². The molecule has 0 aliphatic carbocycles. The molecule has 0 aromatic carbocycles. The summed E-state index contributed by atoms with van der Waals surface area (Å²) in [7, 11) is 0. The van der Waals surface area contributed by atoms with E-state index in [-0.39, 0.29) is 11.4 Å². The molecule has 0 fully saturated rings. The second-order valence-electron chi connectivity index (χ2n) is 3.85. The predicted molar refractivity (Wildman–Crippen MR) is 67.9 cm³/mol. The van der Waals surface area contributed by atoms with Crippen LogP contribution in [0.5, 0.6) is 0 Å². The lowest BCUT2D eigenvalue weighted by Crippen LogP contribution is -2.06. The fourth-order valence-corrected chi connectivity index (χ4v) is 1.50. The second kappa shape index (κ2) is 4.70. The molecule has 2 heterocycles. The van der Waals surface area contributed by atoms with Gasteiger partial charge >= 0.3 is 5.97 Å². The molecule has 0 amide bonds. The van der Waals surface area contributed by atoms with E-state index in [1.54, 1.807) is 12.4 Å². The lowest BCUT2D eigenvalue weighted by atomic mass is 10.2. The number of hydrogen-bond acceptors (Lipinski definition) is 5. The van der Waals surface area contributed by atoms with Gasteiger partial charge in [-0.25, -0.2) is 9.78 Å². The van der Waals surface area contributed by atoms with Crippen molar-refractivity contribution < 1.29 is 9.90 Å². The Morgan fingerprint density at radius 3 is 2.78 bits per heavy atom. The van der Waals surface area contributed by atoms with Crippen molar-refractivity contribution in [1.29, 1.82) is 0 Å². The molecule has 6 heteroatoms. The molecule has 2 aromatic heterocycles. The number of aromatic carboxylic acids is 1. The Labute approximate surface area is 104 Å². The lowest BCUT2D eigenvalue weighted by Gasteiger charge is -2.09. The minimum absolute atomic E-state index is 0.0245. The topological polar surface area (TPSA) is 101 Å². The zero-order valence-corrected chi connectivity index (χ0v) is 9.71. The average Bonchev–Trinajstić information content (AvgIpc) is 2.31. The second-order valence-corrected chi connectivity index (χ2v) is 3.85. The summed E-state index contributed by atoms with van der Waals surface area (Å²) < 4.78 is 0. The molecule has 0 saturated heterocycles. The molecule has 0 spiro atoms. The maximum Gasteiger partial charge on any atom is 0.339 e. The number of rotatable bonds is 3. The SMILES string of the molecule is Cc1cncc(Nc2ncc(N)cc2C(=O)O)c1. The third-order valence-corrected chi connectivity index (χ3v) is 2.28. The number of nitrogens with two attached hydrogens (primary N) is 1. The molecule has 0 unspecified atom stereocenters. The number of pyridine rings is 2. The van der Waals surface area contributed by atoms with E-state index in [0.717, 1.165) is 5.56 Å². The van der Waals surface area contributed by atoms with Crippen LogP contribution in [-0.2, 0) is 0 Å². The predicted octanol–water partition coefficient (Wildman–Crippen LogP) is 1.81. The number of carboxylic acids is 1. The third-order valence-electron chi connectivity index (χ3n) is 2.28. The Balaban J connectivity index is 2.37. The lowest BCUT2D eigenvalue weighted by molar-refractivity contribution is 0.0697. The summed E-state index contributed by atoms with van der Waals surface area (Å²) >= 11 is 0. The van der Waals surface area contributed by atoms with Crippen LogP contribution in [0.2, 0.25) is 0 Å². The number of hydrogen-bond donors (Lipinski definition) is 3. The van der Waals surface area contributed by atoms with E-state index in [4.69, 9.17) is 10.8 Å². The standard InChI is InChI=1S/C12H12N4O2/c1-7-2-9(6-14-4-7)16-11-10(12(17)18)3-8(13)5-15-11/h2-6H,13H2,1H3,(H,15,16)(H,17,18). The van der Waals surface area contributed by atoms with Crippen LogP contribution in [0.4, 0.5) is 17.2 Å². The van der Waals surface area contributed by atoms with Crippen LogP contribution < -0.4 is 11.1 Å². The Kier molecular flexibility index (Phi) is 3.09. The number of anilines is 3. The van der Waals surface area contributed by atoms with Crippen molar-refractivity contribution in [3.63, 3.8) is 0 Å². The highest BCUT2D eigenvalue weighted by Crippen LogP contribution is 2.20. The number of nitrogen functional groups attached to an aromatic ring is 1. The minimum atomic E-state index is -1.09. The highest BCUT2D eigenvalue weighted by molar-refractivity contribution is 5.94. The van der Waals surface area contributed by atoms with E-state index in [1.807, 2.05) is 13.0 Å². The van der Waals surface area contributed by atoms with Gasteiger partial charge in [-0.2, -0.15) is 0 Å². The number of carboxylic acid groups (broad SMARTS) is 1. The molecule has 0 aliphatic heterocycles.